The van der Waals surface area contributed by atoms with Crippen molar-refractivity contribution < 1.29 is 32.6 Å². The van der Waals surface area contributed by atoms with E-state index in [0.29, 0.717) is 47.0 Å². The maximum absolute atomic E-state index is 15.3. The van der Waals surface area contributed by atoms with Crippen LogP contribution in [0.4, 0.5) is 20.2 Å². The number of hydrogen-bond acceptors (Lipinski definition) is 7. The topological polar surface area (TPSA) is 111 Å². The second kappa shape index (κ2) is 14.7. The highest BCUT2D eigenvalue weighted by atomic mass is 19.1. The summed E-state index contributed by atoms with van der Waals surface area (Å²) in [7, 11) is 1.52. The molecule has 9 nitrogen and oxygen atoms in total. The average molecular weight is 625 g/mol. The molecule has 0 spiro atoms. The van der Waals surface area contributed by atoms with Crippen LogP contribution in [0.1, 0.15) is 12.5 Å². The van der Waals surface area contributed by atoms with E-state index in [2.05, 4.69) is 20.9 Å². The molecule has 0 fully saturated rings. The number of hydrogen-bond donors (Lipinski definition) is 3. The van der Waals surface area contributed by atoms with E-state index in [-0.39, 0.29) is 17.0 Å². The highest BCUT2D eigenvalue weighted by molar-refractivity contribution is 6.26. The van der Waals surface area contributed by atoms with Crippen LogP contribution in [0.2, 0.25) is 0 Å². The van der Waals surface area contributed by atoms with Gasteiger partial charge in [-0.25, -0.2) is 8.78 Å². The molecule has 11 heteroatoms. The van der Waals surface area contributed by atoms with E-state index >= 15 is 4.39 Å². The minimum atomic E-state index is -0.786. The standard InChI is InChI=1S/C35H30F2N4O5/c1-3-38-20-27(34(42)40-24-11-9-23(36)10-12-24)35(43)41-25-13-14-31(28(37)17-25)46-30-15-16-39-29-19-33(32(44-2)18-26(29)30)45-21-22-7-5-4-6-8-22/h4-20,38H,3,21H2,1-2H3,(H,40,42)(H,41,43)/b27-20+. The number of nitrogens with one attached hydrogen (secondary N) is 3. The Morgan fingerprint density at radius 2 is 1.52 bits per heavy atom. The summed E-state index contributed by atoms with van der Waals surface area (Å²) in [5.41, 5.74) is 1.66. The van der Waals surface area contributed by atoms with Gasteiger partial charge in [0, 0.05) is 47.8 Å². The number of amides is 2. The first kappa shape index (κ1) is 31.5. The number of carbonyl (C=O) groups is 2. The third-order valence-electron chi connectivity index (χ3n) is 6.68. The van der Waals surface area contributed by atoms with Crippen LogP contribution in [0.5, 0.6) is 23.0 Å². The third-order valence-corrected chi connectivity index (χ3v) is 6.68. The molecule has 5 aromatic rings. The number of benzene rings is 4. The van der Waals surface area contributed by atoms with Crippen LogP contribution < -0.4 is 30.2 Å². The van der Waals surface area contributed by atoms with Crippen LogP contribution in [0, 0.1) is 11.6 Å². The first-order valence-corrected chi connectivity index (χ1v) is 14.3. The molecule has 0 saturated heterocycles. The van der Waals surface area contributed by atoms with Gasteiger partial charge in [-0.05, 0) is 61.0 Å². The minimum absolute atomic E-state index is 0.0910. The van der Waals surface area contributed by atoms with Crippen LogP contribution in [0.15, 0.2) is 109 Å². The van der Waals surface area contributed by atoms with Gasteiger partial charge in [-0.2, -0.15) is 0 Å². The number of methoxy groups -OCH3 is 1. The Morgan fingerprint density at radius 1 is 0.804 bits per heavy atom. The zero-order valence-corrected chi connectivity index (χ0v) is 25.0. The first-order valence-electron chi connectivity index (χ1n) is 14.3. The van der Waals surface area contributed by atoms with Gasteiger partial charge in [-0.1, -0.05) is 30.3 Å². The second-order valence-electron chi connectivity index (χ2n) is 9.88. The fraction of sp³-hybridized carbons (Fsp3) is 0.114. The van der Waals surface area contributed by atoms with Crippen molar-refractivity contribution in [3.63, 3.8) is 0 Å². The Morgan fingerprint density at radius 3 is 2.22 bits per heavy atom. The summed E-state index contributed by atoms with van der Waals surface area (Å²) in [6, 6.07) is 23.7. The van der Waals surface area contributed by atoms with Crippen molar-refractivity contribution in [3.8, 4) is 23.0 Å². The fourth-order valence-electron chi connectivity index (χ4n) is 4.37. The lowest BCUT2D eigenvalue weighted by atomic mass is 10.1. The molecule has 3 N–H and O–H groups in total. The summed E-state index contributed by atoms with van der Waals surface area (Å²) in [4.78, 5) is 30.3. The number of aromatic nitrogens is 1. The number of carbonyl (C=O) groups excluding carboxylic acids is 2. The monoisotopic (exact) mass is 624 g/mol. The van der Waals surface area contributed by atoms with Crippen LogP contribution >= 0.6 is 0 Å². The van der Waals surface area contributed by atoms with E-state index in [1.807, 2.05) is 30.3 Å². The predicted octanol–water partition coefficient (Wildman–Crippen LogP) is 6.96. The molecular weight excluding hydrogens is 594 g/mol. The Balaban J connectivity index is 1.31. The van der Waals surface area contributed by atoms with Crippen molar-refractivity contribution in [2.45, 2.75) is 13.5 Å². The molecule has 0 unspecified atom stereocenters. The molecule has 5 rings (SSSR count). The Bertz CT molecular complexity index is 1880. The predicted molar refractivity (Wildman–Crippen MR) is 171 cm³/mol. The van der Waals surface area contributed by atoms with Crippen molar-refractivity contribution >= 4 is 34.1 Å². The lowest BCUT2D eigenvalue weighted by Crippen LogP contribution is -2.27. The van der Waals surface area contributed by atoms with Crippen molar-refractivity contribution in [2.24, 2.45) is 0 Å². The van der Waals surface area contributed by atoms with Gasteiger partial charge in [0.15, 0.2) is 23.1 Å². The normalized spacial score (nSPS) is 11.1. The molecule has 46 heavy (non-hydrogen) atoms. The second-order valence-corrected chi connectivity index (χ2v) is 9.88. The minimum Gasteiger partial charge on any atom is -0.493 e. The lowest BCUT2D eigenvalue weighted by Gasteiger charge is -2.15. The summed E-state index contributed by atoms with van der Waals surface area (Å²) in [5.74, 6) is -1.60. The SMILES string of the molecule is CCN/C=C(\C(=O)Nc1ccc(F)cc1)C(=O)Nc1ccc(Oc2ccnc3cc(OCc4ccccc4)c(OC)cc23)c(F)c1. The fourth-order valence-corrected chi connectivity index (χ4v) is 4.37. The highest BCUT2D eigenvalue weighted by Gasteiger charge is 2.20. The van der Waals surface area contributed by atoms with Crippen LogP contribution in [-0.4, -0.2) is 30.5 Å². The molecule has 0 saturated carbocycles. The average Bonchev–Trinajstić information content (AvgIpc) is 3.06. The van der Waals surface area contributed by atoms with E-state index in [0.717, 1.165) is 11.6 Å². The summed E-state index contributed by atoms with van der Waals surface area (Å²) in [5, 5.41) is 8.45. The van der Waals surface area contributed by atoms with E-state index in [1.165, 1.54) is 55.9 Å². The molecule has 234 valence electrons. The molecule has 0 aliphatic heterocycles. The number of nitrogens with zero attached hydrogens (tertiary/aromatic N) is 1. The highest BCUT2D eigenvalue weighted by Crippen LogP contribution is 2.38. The zero-order chi connectivity index (χ0) is 32.5. The number of anilines is 2. The lowest BCUT2D eigenvalue weighted by molar-refractivity contribution is -0.118. The molecule has 0 atom stereocenters. The summed E-state index contributed by atoms with van der Waals surface area (Å²) in [6.45, 7) is 2.57. The van der Waals surface area contributed by atoms with Gasteiger partial charge in [0.05, 0.1) is 12.6 Å². The Labute approximate surface area is 263 Å². The third kappa shape index (κ3) is 7.75. The van der Waals surface area contributed by atoms with Crippen molar-refractivity contribution in [2.75, 3.05) is 24.3 Å². The number of fused-ring (bicyclic) bond motifs is 1. The summed E-state index contributed by atoms with van der Waals surface area (Å²) < 4.78 is 46.0. The zero-order valence-electron chi connectivity index (χ0n) is 25.0. The quantitative estimate of drug-likeness (QED) is 0.0782. The van der Waals surface area contributed by atoms with Gasteiger partial charge in [0.2, 0.25) is 0 Å². The molecule has 1 heterocycles. The Kier molecular flexibility index (Phi) is 10.0. The van der Waals surface area contributed by atoms with E-state index in [4.69, 9.17) is 14.2 Å². The molecule has 2 amide bonds. The molecule has 1 aromatic heterocycles. The van der Waals surface area contributed by atoms with Crippen LogP contribution in [-0.2, 0) is 16.2 Å². The van der Waals surface area contributed by atoms with Gasteiger partial charge in [0.25, 0.3) is 11.8 Å². The number of pyridine rings is 1. The van der Waals surface area contributed by atoms with Gasteiger partial charge in [-0.15, -0.1) is 0 Å². The van der Waals surface area contributed by atoms with Gasteiger partial charge >= 0.3 is 0 Å². The molecule has 0 aliphatic rings. The molecule has 0 radical (unpaired) electrons. The molecule has 4 aromatic carbocycles. The summed E-state index contributed by atoms with van der Waals surface area (Å²) in [6.07, 6.45) is 2.79. The first-order chi connectivity index (χ1) is 22.3. The summed E-state index contributed by atoms with van der Waals surface area (Å²) >= 11 is 0. The van der Waals surface area contributed by atoms with E-state index in [1.54, 1.807) is 25.1 Å². The number of ether oxygens (including phenoxy) is 3. The maximum Gasteiger partial charge on any atom is 0.262 e. The van der Waals surface area contributed by atoms with Gasteiger partial charge < -0.3 is 30.2 Å². The number of rotatable bonds is 12. The molecule has 0 bridgehead atoms. The van der Waals surface area contributed by atoms with E-state index in [9.17, 15) is 14.0 Å². The molecular formula is C35H30F2N4O5. The van der Waals surface area contributed by atoms with Crippen molar-refractivity contribution in [3.05, 3.63) is 126 Å². The maximum atomic E-state index is 15.3. The van der Waals surface area contributed by atoms with Gasteiger partial charge in [0.1, 0.15) is 23.7 Å². The van der Waals surface area contributed by atoms with Crippen LogP contribution in [0.3, 0.4) is 0 Å². The van der Waals surface area contributed by atoms with Crippen molar-refractivity contribution in [1.29, 1.82) is 0 Å². The smallest absolute Gasteiger partial charge is 0.262 e. The van der Waals surface area contributed by atoms with Gasteiger partial charge in [-0.3, -0.25) is 14.6 Å². The van der Waals surface area contributed by atoms with E-state index < -0.39 is 23.4 Å². The number of halogens is 2. The van der Waals surface area contributed by atoms with Crippen LogP contribution in [0.25, 0.3) is 10.9 Å². The van der Waals surface area contributed by atoms with Crippen molar-refractivity contribution in [1.82, 2.24) is 10.3 Å². The Hall–Kier alpha value is -5.97. The molecule has 0 aliphatic carbocycles. The largest absolute Gasteiger partial charge is 0.493 e.